The second-order valence-corrected chi connectivity index (χ2v) is 12.5. The maximum atomic E-state index is 13.2. The maximum absolute atomic E-state index is 13.2. The predicted octanol–water partition coefficient (Wildman–Crippen LogP) is 4.44. The van der Waals surface area contributed by atoms with Gasteiger partial charge in [0.05, 0.1) is 18.9 Å². The van der Waals surface area contributed by atoms with E-state index in [1.165, 1.54) is 23.0 Å². The van der Waals surface area contributed by atoms with Crippen molar-refractivity contribution >= 4 is 10.0 Å². The van der Waals surface area contributed by atoms with Crippen LogP contribution >= 0.6 is 10.0 Å². The first kappa shape index (κ1) is 23.1. The molecule has 1 N–H and O–H groups in total. The highest BCUT2D eigenvalue weighted by Crippen LogP contribution is 2.34. The van der Waals surface area contributed by atoms with Crippen molar-refractivity contribution in [3.63, 3.8) is 0 Å². The van der Waals surface area contributed by atoms with Crippen LogP contribution in [0.5, 0.6) is 5.88 Å². The number of nitrogens with zero attached hydrogens (tertiary/aromatic N) is 4. The van der Waals surface area contributed by atoms with Crippen LogP contribution in [0.15, 0.2) is 42.9 Å². The summed E-state index contributed by atoms with van der Waals surface area (Å²) in [5.74, 6) is 1.02. The van der Waals surface area contributed by atoms with Crippen LogP contribution in [0.4, 0.5) is 13.2 Å². The molecule has 3 heterocycles. The monoisotopic (exact) mass is 454 g/mol. The molecule has 0 aliphatic heterocycles. The van der Waals surface area contributed by atoms with Crippen LogP contribution in [-0.4, -0.2) is 62.4 Å². The van der Waals surface area contributed by atoms with Gasteiger partial charge in [0.15, 0.2) is 5.69 Å². The molecule has 0 radical (unpaired) electrons. The van der Waals surface area contributed by atoms with Gasteiger partial charge in [0.1, 0.15) is 5.82 Å². The van der Waals surface area contributed by atoms with Gasteiger partial charge in [-0.05, 0) is 37.0 Å². The summed E-state index contributed by atoms with van der Waals surface area (Å²) >= 11 is 0. The molecular formula is C21H25F3N4O2S. The van der Waals surface area contributed by atoms with E-state index in [-0.39, 0.29) is 18.2 Å². The lowest BCUT2D eigenvalue weighted by molar-refractivity contribution is -0.140. The molecule has 3 aromatic rings. The maximum Gasteiger partial charge on any atom is 0.434 e. The number of alkyl halides is 3. The largest absolute Gasteiger partial charge is 0.493 e. The van der Waals surface area contributed by atoms with Crippen LogP contribution in [-0.2, 0) is 17.5 Å². The van der Waals surface area contributed by atoms with Crippen molar-refractivity contribution in [3.8, 4) is 28.5 Å². The van der Waals surface area contributed by atoms with E-state index in [0.29, 0.717) is 30.0 Å². The summed E-state index contributed by atoms with van der Waals surface area (Å²) in [7, 11) is -0.685. The minimum absolute atomic E-state index is 0.104. The Balaban J connectivity index is 1.78. The van der Waals surface area contributed by atoms with Gasteiger partial charge < -0.3 is 14.4 Å². The van der Waals surface area contributed by atoms with Gasteiger partial charge in [-0.3, -0.25) is 4.98 Å². The van der Waals surface area contributed by atoms with Gasteiger partial charge in [0.2, 0.25) is 5.88 Å². The van der Waals surface area contributed by atoms with E-state index in [1.807, 2.05) is 0 Å². The fourth-order valence-corrected chi connectivity index (χ4v) is 3.38. The Kier molecular flexibility index (Phi) is 6.90. The van der Waals surface area contributed by atoms with Crippen molar-refractivity contribution in [2.24, 2.45) is 0 Å². The first-order valence-electron chi connectivity index (χ1n) is 9.53. The molecule has 0 saturated heterocycles. The smallest absolute Gasteiger partial charge is 0.434 e. The predicted molar refractivity (Wildman–Crippen MR) is 116 cm³/mol. The Morgan fingerprint density at radius 2 is 1.71 bits per heavy atom. The molecule has 0 aromatic carbocycles. The summed E-state index contributed by atoms with van der Waals surface area (Å²) in [6.45, 7) is 1.12. The SMILES string of the molecule is CS(C)(C)CCOCCn1cc(C(F)(F)F)nc1-c1ccc(-c2ccc(O)nc2)nc1. The first-order valence-corrected chi connectivity index (χ1v) is 12.6. The number of halogens is 3. The summed E-state index contributed by atoms with van der Waals surface area (Å²) in [5, 5.41) is 9.30. The highest BCUT2D eigenvalue weighted by Gasteiger charge is 2.35. The average Bonchev–Trinajstić information content (AvgIpc) is 3.12. The molecule has 0 bridgehead atoms. The van der Waals surface area contributed by atoms with E-state index in [9.17, 15) is 18.3 Å². The van der Waals surface area contributed by atoms with Crippen LogP contribution in [0.1, 0.15) is 5.69 Å². The number of hydrogen-bond acceptors (Lipinski definition) is 5. The fraction of sp³-hybridized carbons (Fsp3) is 0.381. The Morgan fingerprint density at radius 3 is 2.29 bits per heavy atom. The molecule has 0 aliphatic rings. The molecule has 6 nitrogen and oxygen atoms in total. The standard InChI is InChI=1S/C21H25F3N4O2S/c1-31(2,3)11-10-30-9-8-28-14-18(21(22,23)24)27-20(28)16-4-6-17(25-13-16)15-5-7-19(29)26-12-15/h4-7,12-14H,8-11H2,1-3H3,(H,26,29). The number of aromatic nitrogens is 4. The van der Waals surface area contributed by atoms with Crippen molar-refractivity contribution in [2.75, 3.05) is 37.7 Å². The van der Waals surface area contributed by atoms with Gasteiger partial charge in [0.25, 0.3) is 0 Å². The van der Waals surface area contributed by atoms with Gasteiger partial charge in [0, 0.05) is 48.1 Å². The topological polar surface area (TPSA) is 73.1 Å². The van der Waals surface area contributed by atoms with Gasteiger partial charge in [-0.25, -0.2) is 20.0 Å². The van der Waals surface area contributed by atoms with Gasteiger partial charge in [-0.15, -0.1) is 0 Å². The molecule has 0 spiro atoms. The molecule has 0 saturated carbocycles. The second kappa shape index (κ2) is 9.27. The Bertz CT molecular complexity index is 997. The summed E-state index contributed by atoms with van der Waals surface area (Å²) in [6.07, 6.45) is 5.97. The lowest BCUT2D eigenvalue weighted by Crippen LogP contribution is -2.11. The highest BCUT2D eigenvalue weighted by molar-refractivity contribution is 8.32. The zero-order valence-electron chi connectivity index (χ0n) is 17.6. The number of ether oxygens (including phenoxy) is 1. The lowest BCUT2D eigenvalue weighted by Gasteiger charge is -2.24. The van der Waals surface area contributed by atoms with Crippen LogP contribution in [0, 0.1) is 0 Å². The van der Waals surface area contributed by atoms with Crippen molar-refractivity contribution < 1.29 is 23.0 Å². The summed E-state index contributed by atoms with van der Waals surface area (Å²) in [4.78, 5) is 11.9. The third kappa shape index (κ3) is 6.44. The molecule has 0 fully saturated rings. The fourth-order valence-electron chi connectivity index (χ4n) is 2.76. The zero-order chi connectivity index (χ0) is 22.6. The molecule has 10 heteroatoms. The van der Waals surface area contributed by atoms with E-state index in [0.717, 1.165) is 11.9 Å². The second-order valence-electron chi connectivity index (χ2n) is 7.89. The van der Waals surface area contributed by atoms with E-state index in [4.69, 9.17) is 4.74 Å². The molecule has 3 rings (SSSR count). The van der Waals surface area contributed by atoms with Gasteiger partial charge in [-0.1, -0.05) is 0 Å². The number of imidazole rings is 1. The van der Waals surface area contributed by atoms with E-state index in [1.54, 1.807) is 18.2 Å². The molecule has 0 atom stereocenters. The number of hydrogen-bond donors (Lipinski definition) is 1. The van der Waals surface area contributed by atoms with Crippen LogP contribution in [0.3, 0.4) is 0 Å². The van der Waals surface area contributed by atoms with E-state index >= 15 is 0 Å². The molecule has 3 aromatic heterocycles. The summed E-state index contributed by atoms with van der Waals surface area (Å²) in [5.41, 5.74) is 0.773. The Labute approximate surface area is 180 Å². The number of rotatable bonds is 8. The minimum atomic E-state index is -4.54. The van der Waals surface area contributed by atoms with Gasteiger partial charge >= 0.3 is 6.18 Å². The highest BCUT2D eigenvalue weighted by atomic mass is 32.3. The van der Waals surface area contributed by atoms with Crippen molar-refractivity contribution in [2.45, 2.75) is 12.7 Å². The van der Waals surface area contributed by atoms with Crippen molar-refractivity contribution in [1.29, 1.82) is 0 Å². The average molecular weight is 455 g/mol. The van der Waals surface area contributed by atoms with Crippen LogP contribution in [0.25, 0.3) is 22.6 Å². The summed E-state index contributed by atoms with van der Waals surface area (Å²) < 4.78 is 46.8. The Morgan fingerprint density at radius 1 is 1.00 bits per heavy atom. The van der Waals surface area contributed by atoms with Crippen LogP contribution < -0.4 is 0 Å². The molecular weight excluding hydrogens is 429 g/mol. The third-order valence-electron chi connectivity index (χ3n) is 4.45. The number of pyridine rings is 2. The summed E-state index contributed by atoms with van der Waals surface area (Å²) in [6, 6.07) is 6.44. The minimum Gasteiger partial charge on any atom is -0.493 e. The van der Waals surface area contributed by atoms with Crippen molar-refractivity contribution in [3.05, 3.63) is 48.5 Å². The van der Waals surface area contributed by atoms with Crippen LogP contribution in [0.2, 0.25) is 0 Å². The quantitative estimate of drug-likeness (QED) is 0.510. The Hall–Kier alpha value is -2.59. The number of aromatic hydroxyl groups is 1. The molecule has 0 unspecified atom stereocenters. The third-order valence-corrected chi connectivity index (χ3v) is 5.84. The molecule has 0 amide bonds. The molecule has 31 heavy (non-hydrogen) atoms. The van der Waals surface area contributed by atoms with E-state index < -0.39 is 21.9 Å². The first-order chi connectivity index (χ1) is 14.5. The van der Waals surface area contributed by atoms with Gasteiger partial charge in [-0.2, -0.15) is 13.2 Å². The lowest BCUT2D eigenvalue weighted by atomic mass is 10.1. The molecule has 0 aliphatic carbocycles. The molecule has 168 valence electrons. The van der Waals surface area contributed by atoms with E-state index in [2.05, 4.69) is 33.7 Å². The van der Waals surface area contributed by atoms with Crippen molar-refractivity contribution in [1.82, 2.24) is 19.5 Å². The normalized spacial score (nSPS) is 12.8. The zero-order valence-corrected chi connectivity index (χ0v) is 18.4.